The van der Waals surface area contributed by atoms with Crippen molar-refractivity contribution in [2.24, 2.45) is 0 Å². The van der Waals surface area contributed by atoms with Crippen molar-refractivity contribution >= 4 is 42.6 Å². The molecule has 0 radical (unpaired) electrons. The van der Waals surface area contributed by atoms with Gasteiger partial charge in [-0.05, 0) is 24.2 Å². The van der Waals surface area contributed by atoms with Crippen LogP contribution >= 0.6 is 22.9 Å². The van der Waals surface area contributed by atoms with Crippen LogP contribution in [0.1, 0.15) is 10.5 Å². The molecule has 1 aromatic carbocycles. The number of pyridine rings is 1. The summed E-state index contributed by atoms with van der Waals surface area (Å²) in [6.45, 7) is 7.58. The van der Waals surface area contributed by atoms with Crippen molar-refractivity contribution in [2.45, 2.75) is 32.4 Å². The molecule has 4 rings (SSSR count). The number of amides is 1. The number of carbonyl (C=O) groups is 1. The first-order valence-electron chi connectivity index (χ1n) is 10.9. The van der Waals surface area contributed by atoms with E-state index in [2.05, 4.69) is 40.0 Å². The fourth-order valence-corrected chi connectivity index (χ4v) is 4.60. The fourth-order valence-electron chi connectivity index (χ4n) is 3.12. The Bertz CT molecular complexity index is 1380. The van der Waals surface area contributed by atoms with Crippen LogP contribution in [0.3, 0.4) is 0 Å². The fraction of sp³-hybridized carbons (Fsp3) is 0.261. The molecule has 9 nitrogen and oxygen atoms in total. The molecule has 0 saturated carbocycles. The van der Waals surface area contributed by atoms with Gasteiger partial charge in [0.2, 0.25) is 5.95 Å². The van der Waals surface area contributed by atoms with Gasteiger partial charge in [-0.15, -0.1) is 16.4 Å². The van der Waals surface area contributed by atoms with E-state index in [4.69, 9.17) is 16.3 Å². The summed E-state index contributed by atoms with van der Waals surface area (Å²) in [7, 11) is -1.25. The molecule has 0 saturated heterocycles. The first-order chi connectivity index (χ1) is 16.7. The van der Waals surface area contributed by atoms with E-state index in [1.807, 2.05) is 12.1 Å². The standard InChI is InChI=1S/C23H25ClN6O3SSi/c1-35(2,3)10-9-33-15-30-23(27-21(28-30)16-5-4-6-17(24)11-16)29-8-7-18(12-20(29)31)26-22(32)19-13-34-14-25-19/h4-8,11-14H,9-10,15H2,1-3H3,(H,26,32). The van der Waals surface area contributed by atoms with Gasteiger partial charge in [0, 0.05) is 48.6 Å². The smallest absolute Gasteiger partial charge is 0.275 e. The summed E-state index contributed by atoms with van der Waals surface area (Å²) in [6.07, 6.45) is 1.54. The minimum absolute atomic E-state index is 0.141. The maximum Gasteiger partial charge on any atom is 0.275 e. The minimum Gasteiger partial charge on any atom is -0.359 e. The minimum atomic E-state index is -1.25. The zero-order valence-electron chi connectivity index (χ0n) is 19.6. The summed E-state index contributed by atoms with van der Waals surface area (Å²) in [4.78, 5) is 33.8. The van der Waals surface area contributed by atoms with Gasteiger partial charge < -0.3 is 10.1 Å². The lowest BCUT2D eigenvalue weighted by atomic mass is 10.2. The van der Waals surface area contributed by atoms with Crippen LogP contribution in [0, 0.1) is 0 Å². The van der Waals surface area contributed by atoms with Crippen molar-refractivity contribution < 1.29 is 9.53 Å². The highest BCUT2D eigenvalue weighted by atomic mass is 35.5. The van der Waals surface area contributed by atoms with E-state index in [0.29, 0.717) is 34.8 Å². The third-order valence-corrected chi connectivity index (χ3v) is 7.53. The second kappa shape index (κ2) is 10.6. The molecule has 1 amide bonds. The molecule has 4 aromatic rings. The number of halogens is 1. The van der Waals surface area contributed by atoms with Gasteiger partial charge in [0.1, 0.15) is 12.4 Å². The van der Waals surface area contributed by atoms with E-state index in [-0.39, 0.29) is 18.2 Å². The Balaban J connectivity index is 1.62. The van der Waals surface area contributed by atoms with Crippen LogP contribution in [-0.4, -0.2) is 44.9 Å². The van der Waals surface area contributed by atoms with E-state index >= 15 is 0 Å². The van der Waals surface area contributed by atoms with Gasteiger partial charge in [-0.1, -0.05) is 43.4 Å². The van der Waals surface area contributed by atoms with Gasteiger partial charge in [-0.2, -0.15) is 4.98 Å². The maximum atomic E-state index is 13.0. The van der Waals surface area contributed by atoms with Gasteiger partial charge in [0.25, 0.3) is 11.5 Å². The largest absolute Gasteiger partial charge is 0.359 e. The van der Waals surface area contributed by atoms with Crippen LogP contribution in [0.15, 0.2) is 58.3 Å². The number of aromatic nitrogens is 5. The maximum absolute atomic E-state index is 13.0. The van der Waals surface area contributed by atoms with Crippen molar-refractivity contribution in [3.8, 4) is 17.3 Å². The van der Waals surface area contributed by atoms with Gasteiger partial charge in [-0.25, -0.2) is 9.67 Å². The van der Waals surface area contributed by atoms with Gasteiger partial charge >= 0.3 is 0 Å². The molecule has 3 aromatic heterocycles. The SMILES string of the molecule is C[Si](C)(C)CCOCn1nc(-c2cccc(Cl)c2)nc1-n1ccc(NC(=O)c2cscn2)cc1=O. The molecular weight excluding hydrogens is 504 g/mol. The van der Waals surface area contributed by atoms with E-state index in [1.54, 1.807) is 40.0 Å². The Kier molecular flexibility index (Phi) is 7.60. The molecule has 0 fully saturated rings. The third-order valence-electron chi connectivity index (χ3n) is 5.00. The molecule has 35 heavy (non-hydrogen) atoms. The van der Waals surface area contributed by atoms with Crippen molar-refractivity contribution in [2.75, 3.05) is 11.9 Å². The number of nitrogens with zero attached hydrogens (tertiary/aromatic N) is 5. The Hall–Kier alpha value is -3.12. The normalized spacial score (nSPS) is 11.5. The Labute approximate surface area is 212 Å². The van der Waals surface area contributed by atoms with Crippen molar-refractivity contribution in [3.63, 3.8) is 0 Å². The molecule has 0 aliphatic rings. The summed E-state index contributed by atoms with van der Waals surface area (Å²) in [5, 5.41) is 9.46. The molecule has 0 bridgehead atoms. The highest BCUT2D eigenvalue weighted by molar-refractivity contribution is 7.07. The van der Waals surface area contributed by atoms with Gasteiger partial charge in [0.05, 0.1) is 5.51 Å². The predicted octanol–water partition coefficient (Wildman–Crippen LogP) is 4.77. The summed E-state index contributed by atoms with van der Waals surface area (Å²) in [5.41, 5.74) is 2.56. The summed E-state index contributed by atoms with van der Waals surface area (Å²) in [6, 6.07) is 11.1. The van der Waals surface area contributed by atoms with E-state index in [1.165, 1.54) is 22.0 Å². The van der Waals surface area contributed by atoms with E-state index in [9.17, 15) is 9.59 Å². The van der Waals surface area contributed by atoms with Crippen molar-refractivity contribution in [1.29, 1.82) is 0 Å². The molecular formula is C23H25ClN6O3SSi. The predicted molar refractivity (Wildman–Crippen MR) is 140 cm³/mol. The monoisotopic (exact) mass is 528 g/mol. The van der Waals surface area contributed by atoms with Crippen LogP contribution in [0.25, 0.3) is 17.3 Å². The average molecular weight is 529 g/mol. The number of nitrogens with one attached hydrogen (secondary N) is 1. The first-order valence-corrected chi connectivity index (χ1v) is 15.9. The summed E-state index contributed by atoms with van der Waals surface area (Å²) < 4.78 is 8.79. The van der Waals surface area contributed by atoms with Crippen LogP contribution in [-0.2, 0) is 11.5 Å². The Morgan fingerprint density at radius 2 is 2.06 bits per heavy atom. The number of carbonyl (C=O) groups excluding carboxylic acids is 1. The molecule has 0 aliphatic heterocycles. The molecule has 0 atom stereocenters. The number of hydrogen-bond acceptors (Lipinski definition) is 7. The third kappa shape index (κ3) is 6.51. The van der Waals surface area contributed by atoms with E-state index in [0.717, 1.165) is 11.6 Å². The topological polar surface area (TPSA) is 104 Å². The van der Waals surface area contributed by atoms with Gasteiger partial charge in [0.15, 0.2) is 5.82 Å². The van der Waals surface area contributed by atoms with Crippen LogP contribution in [0.5, 0.6) is 0 Å². The quantitative estimate of drug-likeness (QED) is 0.248. The number of anilines is 1. The highest BCUT2D eigenvalue weighted by Crippen LogP contribution is 2.21. The van der Waals surface area contributed by atoms with Crippen LogP contribution in [0.2, 0.25) is 30.7 Å². The Morgan fingerprint density at radius 1 is 1.23 bits per heavy atom. The second-order valence-corrected chi connectivity index (χ2v) is 15.8. The highest BCUT2D eigenvalue weighted by Gasteiger charge is 2.17. The average Bonchev–Trinajstić information content (AvgIpc) is 3.47. The van der Waals surface area contributed by atoms with Crippen molar-refractivity contribution in [1.82, 2.24) is 24.3 Å². The zero-order valence-corrected chi connectivity index (χ0v) is 22.1. The molecule has 182 valence electrons. The van der Waals surface area contributed by atoms with Crippen molar-refractivity contribution in [3.05, 3.63) is 74.6 Å². The lowest BCUT2D eigenvalue weighted by molar-refractivity contribution is 0.0782. The molecule has 0 aliphatic carbocycles. The number of hydrogen-bond donors (Lipinski definition) is 1. The zero-order chi connectivity index (χ0) is 25.0. The lowest BCUT2D eigenvalue weighted by Gasteiger charge is -2.15. The van der Waals surface area contributed by atoms with Crippen LogP contribution in [0.4, 0.5) is 5.69 Å². The number of thiazole rings is 1. The second-order valence-electron chi connectivity index (χ2n) is 9.04. The molecule has 12 heteroatoms. The van der Waals surface area contributed by atoms with E-state index < -0.39 is 8.07 Å². The molecule has 0 unspecified atom stereocenters. The molecule has 1 N–H and O–H groups in total. The lowest BCUT2D eigenvalue weighted by Crippen LogP contribution is -2.24. The number of ether oxygens (including phenoxy) is 1. The van der Waals surface area contributed by atoms with Crippen LogP contribution < -0.4 is 10.9 Å². The summed E-state index contributed by atoms with van der Waals surface area (Å²) in [5.74, 6) is 0.338. The number of benzene rings is 1. The first kappa shape index (κ1) is 25.0. The van der Waals surface area contributed by atoms with Gasteiger partial charge in [-0.3, -0.25) is 14.2 Å². The molecule has 3 heterocycles. The number of rotatable bonds is 9. The Morgan fingerprint density at radius 3 is 2.74 bits per heavy atom. The molecule has 0 spiro atoms. The summed E-state index contributed by atoms with van der Waals surface area (Å²) >= 11 is 7.47.